The normalized spacial score (nSPS) is 12.2. The van der Waals surface area contributed by atoms with Gasteiger partial charge >= 0.3 is 0 Å². The van der Waals surface area contributed by atoms with E-state index in [9.17, 15) is 4.79 Å². The van der Waals surface area contributed by atoms with Gasteiger partial charge in [0, 0.05) is 17.6 Å². The fourth-order valence-corrected chi connectivity index (χ4v) is 2.04. The summed E-state index contributed by atoms with van der Waals surface area (Å²) < 4.78 is 5.62. The number of nitrogens with two attached hydrogens (primary N) is 1. The number of carbonyl (C=O) groups is 1. The summed E-state index contributed by atoms with van der Waals surface area (Å²) in [5.74, 6) is 0.611. The molecule has 0 bridgehead atoms. The van der Waals surface area contributed by atoms with Gasteiger partial charge in [-0.05, 0) is 25.3 Å². The Kier molecular flexibility index (Phi) is 7.09. The number of para-hydroxylation sites is 1. The standard InChI is InChI=1S/C16H26N2O2/c1-4-12(5-2)18-16(19)11-20-15-10-8-7-9-13(15)14(17)6-3/h7-10,12,14H,4-6,11,17H2,1-3H3,(H,18,19). The predicted octanol–water partition coefficient (Wildman–Crippen LogP) is 2.78. The first kappa shape index (κ1) is 16.5. The van der Waals surface area contributed by atoms with Crippen molar-refractivity contribution in [2.75, 3.05) is 6.61 Å². The summed E-state index contributed by atoms with van der Waals surface area (Å²) in [5, 5.41) is 2.95. The maximum atomic E-state index is 11.8. The Balaban J connectivity index is 2.59. The van der Waals surface area contributed by atoms with E-state index in [2.05, 4.69) is 19.2 Å². The van der Waals surface area contributed by atoms with Crippen LogP contribution in [0.4, 0.5) is 0 Å². The number of nitrogens with one attached hydrogen (secondary N) is 1. The molecule has 0 aliphatic heterocycles. The van der Waals surface area contributed by atoms with Gasteiger partial charge in [-0.15, -0.1) is 0 Å². The molecule has 112 valence electrons. The van der Waals surface area contributed by atoms with Gasteiger partial charge in [-0.25, -0.2) is 0 Å². The molecule has 4 nitrogen and oxygen atoms in total. The Bertz CT molecular complexity index is 417. The van der Waals surface area contributed by atoms with Crippen LogP contribution < -0.4 is 15.8 Å². The van der Waals surface area contributed by atoms with E-state index < -0.39 is 0 Å². The first-order valence-electron chi connectivity index (χ1n) is 7.38. The summed E-state index contributed by atoms with van der Waals surface area (Å²) in [7, 11) is 0. The van der Waals surface area contributed by atoms with E-state index in [4.69, 9.17) is 10.5 Å². The molecular weight excluding hydrogens is 252 g/mol. The molecule has 0 saturated heterocycles. The monoisotopic (exact) mass is 278 g/mol. The minimum Gasteiger partial charge on any atom is -0.483 e. The molecule has 20 heavy (non-hydrogen) atoms. The molecule has 0 aliphatic rings. The first-order chi connectivity index (χ1) is 9.62. The molecule has 1 amide bonds. The third-order valence-electron chi connectivity index (χ3n) is 3.47. The van der Waals surface area contributed by atoms with Crippen molar-refractivity contribution >= 4 is 5.91 Å². The number of rotatable bonds is 8. The lowest BCUT2D eigenvalue weighted by Crippen LogP contribution is -2.37. The number of hydrogen-bond acceptors (Lipinski definition) is 3. The summed E-state index contributed by atoms with van der Waals surface area (Å²) in [6.07, 6.45) is 2.69. The minimum atomic E-state index is -0.0847. The largest absolute Gasteiger partial charge is 0.483 e. The molecule has 3 N–H and O–H groups in total. The molecule has 4 heteroatoms. The highest BCUT2D eigenvalue weighted by Crippen LogP contribution is 2.25. The Morgan fingerprint density at radius 1 is 1.20 bits per heavy atom. The van der Waals surface area contributed by atoms with E-state index in [1.165, 1.54) is 0 Å². The Morgan fingerprint density at radius 3 is 2.45 bits per heavy atom. The van der Waals surface area contributed by atoms with E-state index in [-0.39, 0.29) is 24.6 Å². The summed E-state index contributed by atoms with van der Waals surface area (Å²) in [6, 6.07) is 7.78. The van der Waals surface area contributed by atoms with Gasteiger partial charge in [0.1, 0.15) is 5.75 Å². The third-order valence-corrected chi connectivity index (χ3v) is 3.47. The topological polar surface area (TPSA) is 64.3 Å². The van der Waals surface area contributed by atoms with E-state index >= 15 is 0 Å². The summed E-state index contributed by atoms with van der Waals surface area (Å²) >= 11 is 0. The van der Waals surface area contributed by atoms with Crippen molar-refractivity contribution < 1.29 is 9.53 Å². The van der Waals surface area contributed by atoms with Crippen molar-refractivity contribution in [3.8, 4) is 5.75 Å². The fraction of sp³-hybridized carbons (Fsp3) is 0.562. The van der Waals surface area contributed by atoms with Gasteiger partial charge in [-0.3, -0.25) is 4.79 Å². The number of benzene rings is 1. The van der Waals surface area contributed by atoms with E-state index in [1.54, 1.807) is 0 Å². The minimum absolute atomic E-state index is 0.0317. The summed E-state index contributed by atoms with van der Waals surface area (Å²) in [4.78, 5) is 11.8. The van der Waals surface area contributed by atoms with Crippen LogP contribution in [0.5, 0.6) is 5.75 Å². The van der Waals surface area contributed by atoms with Gasteiger partial charge in [0.15, 0.2) is 6.61 Å². The number of ether oxygens (including phenoxy) is 1. The summed E-state index contributed by atoms with van der Waals surface area (Å²) in [5.41, 5.74) is 6.99. The molecule has 1 rings (SSSR count). The molecular formula is C16H26N2O2. The smallest absolute Gasteiger partial charge is 0.258 e. The Morgan fingerprint density at radius 2 is 1.85 bits per heavy atom. The zero-order valence-electron chi connectivity index (χ0n) is 12.7. The van der Waals surface area contributed by atoms with Crippen LogP contribution in [0, 0.1) is 0 Å². The zero-order chi connectivity index (χ0) is 15.0. The van der Waals surface area contributed by atoms with Crippen LogP contribution in [0.1, 0.15) is 51.6 Å². The van der Waals surface area contributed by atoms with Crippen LogP contribution in [0.2, 0.25) is 0 Å². The summed E-state index contributed by atoms with van der Waals surface area (Å²) in [6.45, 7) is 6.18. The average molecular weight is 278 g/mol. The van der Waals surface area contributed by atoms with Crippen molar-refractivity contribution in [2.24, 2.45) is 5.73 Å². The van der Waals surface area contributed by atoms with Gasteiger partial charge in [-0.1, -0.05) is 39.0 Å². The van der Waals surface area contributed by atoms with E-state index in [0.717, 1.165) is 24.8 Å². The molecule has 0 aromatic heterocycles. The van der Waals surface area contributed by atoms with Crippen LogP contribution in [0.15, 0.2) is 24.3 Å². The molecule has 0 heterocycles. The van der Waals surface area contributed by atoms with Gasteiger partial charge < -0.3 is 15.8 Å². The molecule has 0 radical (unpaired) electrons. The molecule has 0 spiro atoms. The number of carbonyl (C=O) groups excluding carboxylic acids is 1. The second kappa shape index (κ2) is 8.59. The highest BCUT2D eigenvalue weighted by Gasteiger charge is 2.12. The van der Waals surface area contributed by atoms with Crippen molar-refractivity contribution in [1.82, 2.24) is 5.32 Å². The Hall–Kier alpha value is -1.55. The molecule has 1 aromatic rings. The quantitative estimate of drug-likeness (QED) is 0.768. The SMILES string of the molecule is CCC(CC)NC(=O)COc1ccccc1C(N)CC. The molecule has 1 atom stereocenters. The molecule has 1 unspecified atom stereocenters. The van der Waals surface area contributed by atoms with Gasteiger partial charge in [0.2, 0.25) is 0 Å². The van der Waals surface area contributed by atoms with Gasteiger partial charge in [-0.2, -0.15) is 0 Å². The van der Waals surface area contributed by atoms with Crippen LogP contribution in [-0.2, 0) is 4.79 Å². The first-order valence-corrected chi connectivity index (χ1v) is 7.38. The van der Waals surface area contributed by atoms with Crippen molar-refractivity contribution in [2.45, 2.75) is 52.1 Å². The van der Waals surface area contributed by atoms with Crippen molar-refractivity contribution in [3.05, 3.63) is 29.8 Å². The molecule has 0 saturated carbocycles. The molecule has 0 aliphatic carbocycles. The van der Waals surface area contributed by atoms with Crippen molar-refractivity contribution in [3.63, 3.8) is 0 Å². The van der Waals surface area contributed by atoms with Crippen LogP contribution >= 0.6 is 0 Å². The lowest BCUT2D eigenvalue weighted by atomic mass is 10.0. The van der Waals surface area contributed by atoms with Gasteiger partial charge in [0.05, 0.1) is 0 Å². The van der Waals surface area contributed by atoms with Crippen molar-refractivity contribution in [1.29, 1.82) is 0 Å². The number of amides is 1. The Labute approximate surface area is 121 Å². The third kappa shape index (κ3) is 4.85. The van der Waals surface area contributed by atoms with Crippen LogP contribution in [-0.4, -0.2) is 18.6 Å². The second-order valence-corrected chi connectivity index (χ2v) is 4.92. The highest BCUT2D eigenvalue weighted by atomic mass is 16.5. The maximum absolute atomic E-state index is 11.8. The predicted molar refractivity (Wildman–Crippen MR) is 81.7 cm³/mol. The van der Waals surface area contributed by atoms with E-state index in [0.29, 0.717) is 5.75 Å². The van der Waals surface area contributed by atoms with Crippen LogP contribution in [0.25, 0.3) is 0 Å². The highest BCUT2D eigenvalue weighted by molar-refractivity contribution is 5.77. The van der Waals surface area contributed by atoms with E-state index in [1.807, 2.05) is 31.2 Å². The maximum Gasteiger partial charge on any atom is 0.258 e. The van der Waals surface area contributed by atoms with Crippen LogP contribution in [0.3, 0.4) is 0 Å². The molecule has 0 fully saturated rings. The lowest BCUT2D eigenvalue weighted by Gasteiger charge is -2.17. The average Bonchev–Trinajstić information content (AvgIpc) is 2.50. The molecule has 1 aromatic carbocycles. The lowest BCUT2D eigenvalue weighted by molar-refractivity contribution is -0.123. The zero-order valence-corrected chi connectivity index (χ0v) is 12.7. The second-order valence-electron chi connectivity index (χ2n) is 4.92. The number of hydrogen-bond donors (Lipinski definition) is 2. The fourth-order valence-electron chi connectivity index (χ4n) is 2.04. The van der Waals surface area contributed by atoms with Gasteiger partial charge in [0.25, 0.3) is 5.91 Å².